The summed E-state index contributed by atoms with van der Waals surface area (Å²) in [6, 6.07) is 3.66. The fourth-order valence-corrected chi connectivity index (χ4v) is 3.03. The Bertz CT molecular complexity index is 434. The molecule has 2 nitrogen and oxygen atoms in total. The third kappa shape index (κ3) is 1.21. The van der Waals surface area contributed by atoms with Crippen molar-refractivity contribution in [3.8, 4) is 5.75 Å². The van der Waals surface area contributed by atoms with Crippen LogP contribution in [0.2, 0.25) is 0 Å². The Kier molecular flexibility index (Phi) is 1.84. The van der Waals surface area contributed by atoms with Crippen LogP contribution in [0.1, 0.15) is 53.1 Å². The topological polar surface area (TPSA) is 37.3 Å². The number of Topliss-reactive ketones (excluding diaryl/α,β-unsaturated/α-hetero) is 1. The second kappa shape index (κ2) is 3.09. The molecule has 0 aromatic heterocycles. The third-order valence-electron chi connectivity index (χ3n) is 3.72. The van der Waals surface area contributed by atoms with Gasteiger partial charge in [-0.25, -0.2) is 0 Å². The number of hydrogen-bond donors (Lipinski definition) is 1. The SMILES string of the molecule is O=C1CCC[C@H]2CCc3ccc(O)c1c32. The van der Waals surface area contributed by atoms with E-state index in [1.807, 2.05) is 6.07 Å². The van der Waals surface area contributed by atoms with Crippen LogP contribution >= 0.6 is 0 Å². The minimum atomic E-state index is 0.133. The Hall–Kier alpha value is -1.31. The van der Waals surface area contributed by atoms with Gasteiger partial charge in [-0.15, -0.1) is 0 Å². The summed E-state index contributed by atoms with van der Waals surface area (Å²) in [5.74, 6) is 0.842. The molecule has 78 valence electrons. The highest BCUT2D eigenvalue weighted by molar-refractivity contribution is 6.01. The van der Waals surface area contributed by atoms with Gasteiger partial charge in [0.05, 0.1) is 5.56 Å². The van der Waals surface area contributed by atoms with Crippen molar-refractivity contribution >= 4 is 5.78 Å². The molecule has 0 unspecified atom stereocenters. The highest BCUT2D eigenvalue weighted by Crippen LogP contribution is 2.44. The molecule has 0 aliphatic heterocycles. The van der Waals surface area contributed by atoms with E-state index in [1.54, 1.807) is 6.07 Å². The van der Waals surface area contributed by atoms with Gasteiger partial charge in [-0.2, -0.15) is 0 Å². The number of aryl methyl sites for hydroxylation is 1. The first kappa shape index (κ1) is 8.96. The molecular weight excluding hydrogens is 188 g/mol. The number of phenols is 1. The Balaban J connectivity index is 2.28. The zero-order chi connectivity index (χ0) is 10.4. The average molecular weight is 202 g/mol. The van der Waals surface area contributed by atoms with Gasteiger partial charge in [-0.1, -0.05) is 6.07 Å². The molecule has 2 heteroatoms. The molecule has 15 heavy (non-hydrogen) atoms. The van der Waals surface area contributed by atoms with Crippen molar-refractivity contribution in [2.75, 3.05) is 0 Å². The van der Waals surface area contributed by atoms with E-state index in [1.165, 1.54) is 5.56 Å². The van der Waals surface area contributed by atoms with Crippen molar-refractivity contribution in [1.29, 1.82) is 0 Å². The van der Waals surface area contributed by atoms with Crippen LogP contribution in [-0.2, 0) is 6.42 Å². The van der Waals surface area contributed by atoms with Gasteiger partial charge < -0.3 is 5.11 Å². The van der Waals surface area contributed by atoms with Crippen LogP contribution in [-0.4, -0.2) is 10.9 Å². The van der Waals surface area contributed by atoms with E-state index >= 15 is 0 Å². The smallest absolute Gasteiger partial charge is 0.166 e. The zero-order valence-electron chi connectivity index (χ0n) is 8.62. The van der Waals surface area contributed by atoms with Gasteiger partial charge in [-0.05, 0) is 48.8 Å². The van der Waals surface area contributed by atoms with E-state index in [2.05, 4.69) is 0 Å². The fourth-order valence-electron chi connectivity index (χ4n) is 3.03. The molecule has 2 aliphatic carbocycles. The van der Waals surface area contributed by atoms with E-state index in [0.29, 0.717) is 17.9 Å². The number of ketones is 1. The summed E-state index contributed by atoms with van der Waals surface area (Å²) in [4.78, 5) is 11.9. The number of rotatable bonds is 0. The van der Waals surface area contributed by atoms with Crippen LogP contribution in [0.15, 0.2) is 12.1 Å². The van der Waals surface area contributed by atoms with Crippen molar-refractivity contribution in [3.63, 3.8) is 0 Å². The Labute approximate surface area is 88.9 Å². The molecule has 0 saturated heterocycles. The summed E-state index contributed by atoms with van der Waals surface area (Å²) >= 11 is 0. The van der Waals surface area contributed by atoms with Crippen LogP contribution in [0.3, 0.4) is 0 Å². The first-order valence-corrected chi connectivity index (χ1v) is 5.65. The molecule has 0 heterocycles. The minimum Gasteiger partial charge on any atom is -0.507 e. The Morgan fingerprint density at radius 2 is 2.07 bits per heavy atom. The summed E-state index contributed by atoms with van der Waals surface area (Å²) < 4.78 is 0. The lowest BCUT2D eigenvalue weighted by atomic mass is 9.93. The maximum atomic E-state index is 11.9. The van der Waals surface area contributed by atoms with Crippen LogP contribution in [0.4, 0.5) is 0 Å². The number of phenolic OH excluding ortho intramolecular Hbond substituents is 1. The predicted octanol–water partition coefficient (Wildman–Crippen LogP) is 2.79. The van der Waals surface area contributed by atoms with Gasteiger partial charge in [0.25, 0.3) is 0 Å². The molecule has 2 aliphatic rings. The summed E-state index contributed by atoms with van der Waals surface area (Å²) in [5, 5.41) is 9.80. The highest BCUT2D eigenvalue weighted by atomic mass is 16.3. The summed E-state index contributed by atoms with van der Waals surface area (Å²) in [7, 11) is 0. The van der Waals surface area contributed by atoms with E-state index in [9.17, 15) is 9.90 Å². The largest absolute Gasteiger partial charge is 0.507 e. The van der Waals surface area contributed by atoms with Gasteiger partial charge in [-0.3, -0.25) is 4.79 Å². The molecule has 0 fully saturated rings. The first-order valence-electron chi connectivity index (χ1n) is 5.65. The van der Waals surface area contributed by atoms with Crippen molar-refractivity contribution in [3.05, 3.63) is 28.8 Å². The molecule has 0 spiro atoms. The molecule has 0 radical (unpaired) electrons. The molecule has 1 N–H and O–H groups in total. The second-order valence-electron chi connectivity index (χ2n) is 4.58. The van der Waals surface area contributed by atoms with E-state index < -0.39 is 0 Å². The maximum Gasteiger partial charge on any atom is 0.166 e. The molecule has 1 atom stereocenters. The number of carbonyl (C=O) groups is 1. The summed E-state index contributed by atoms with van der Waals surface area (Å²) in [5.41, 5.74) is 3.08. The van der Waals surface area contributed by atoms with Gasteiger partial charge in [0.1, 0.15) is 5.75 Å². The lowest BCUT2D eigenvalue weighted by Gasteiger charge is -2.11. The quantitative estimate of drug-likeness (QED) is 0.702. The lowest BCUT2D eigenvalue weighted by Crippen LogP contribution is -2.02. The molecule has 0 saturated carbocycles. The summed E-state index contributed by atoms with van der Waals surface area (Å²) in [6.45, 7) is 0. The monoisotopic (exact) mass is 202 g/mol. The van der Waals surface area contributed by atoms with Crippen molar-refractivity contribution in [2.45, 2.75) is 38.0 Å². The second-order valence-corrected chi connectivity index (χ2v) is 4.58. The predicted molar refractivity (Wildman–Crippen MR) is 57.4 cm³/mol. The number of hydrogen-bond acceptors (Lipinski definition) is 2. The van der Waals surface area contributed by atoms with Gasteiger partial charge in [0.2, 0.25) is 0 Å². The summed E-state index contributed by atoms with van der Waals surface area (Å²) in [6.07, 6.45) is 4.90. The van der Waals surface area contributed by atoms with E-state index in [0.717, 1.165) is 31.2 Å². The number of benzene rings is 1. The normalized spacial score (nSPS) is 23.7. The maximum absolute atomic E-state index is 11.9. The highest BCUT2D eigenvalue weighted by Gasteiger charge is 2.31. The first-order chi connectivity index (χ1) is 7.27. The van der Waals surface area contributed by atoms with Crippen molar-refractivity contribution in [2.24, 2.45) is 0 Å². The minimum absolute atomic E-state index is 0.133. The van der Waals surface area contributed by atoms with Crippen LogP contribution in [0.25, 0.3) is 0 Å². The van der Waals surface area contributed by atoms with Gasteiger partial charge in [0, 0.05) is 6.42 Å². The Morgan fingerprint density at radius 3 is 2.93 bits per heavy atom. The molecule has 3 rings (SSSR count). The van der Waals surface area contributed by atoms with E-state index in [-0.39, 0.29) is 11.5 Å². The molecule has 1 aromatic carbocycles. The van der Waals surface area contributed by atoms with Crippen LogP contribution in [0, 0.1) is 0 Å². The fraction of sp³-hybridized carbons (Fsp3) is 0.462. The van der Waals surface area contributed by atoms with E-state index in [4.69, 9.17) is 0 Å². The standard InChI is InChI=1S/C13H14O2/c14-10-3-1-2-8-4-5-9-6-7-11(15)13(10)12(8)9/h6-8,15H,1-5H2/t8-/m0/s1. The van der Waals surface area contributed by atoms with Gasteiger partial charge >= 0.3 is 0 Å². The van der Waals surface area contributed by atoms with Crippen molar-refractivity contribution < 1.29 is 9.90 Å². The van der Waals surface area contributed by atoms with Crippen molar-refractivity contribution in [1.82, 2.24) is 0 Å². The molecule has 0 amide bonds. The zero-order valence-corrected chi connectivity index (χ0v) is 8.62. The third-order valence-corrected chi connectivity index (χ3v) is 3.72. The lowest BCUT2D eigenvalue weighted by molar-refractivity contribution is 0.0979. The van der Waals surface area contributed by atoms with Crippen LogP contribution in [0.5, 0.6) is 5.75 Å². The molecule has 0 bridgehead atoms. The van der Waals surface area contributed by atoms with Gasteiger partial charge in [0.15, 0.2) is 5.78 Å². The number of aromatic hydroxyl groups is 1. The molecule has 1 aromatic rings. The average Bonchev–Trinajstić information content (AvgIpc) is 2.53. The van der Waals surface area contributed by atoms with Crippen LogP contribution < -0.4 is 0 Å². The molecular formula is C13H14O2. The Morgan fingerprint density at radius 1 is 1.20 bits per heavy atom. The number of carbonyl (C=O) groups excluding carboxylic acids is 1.